The molecule has 6 nitrogen and oxygen atoms in total. The predicted octanol–water partition coefficient (Wildman–Crippen LogP) is 2.02. The third kappa shape index (κ3) is 3.67. The smallest absolute Gasteiger partial charge is 0.233 e. The van der Waals surface area contributed by atoms with Gasteiger partial charge in [0.2, 0.25) is 11.8 Å². The number of amides is 1. The first-order valence-corrected chi connectivity index (χ1v) is 7.31. The van der Waals surface area contributed by atoms with E-state index < -0.39 is 0 Å². The minimum absolute atomic E-state index is 0.00550. The minimum atomic E-state index is -0.00550. The van der Waals surface area contributed by atoms with Crippen LogP contribution in [0.4, 0.5) is 5.69 Å². The van der Waals surface area contributed by atoms with Crippen molar-refractivity contribution < 1.29 is 9.53 Å². The normalized spacial score (nSPS) is 18.2. The highest BCUT2D eigenvalue weighted by molar-refractivity contribution is 5.80. The summed E-state index contributed by atoms with van der Waals surface area (Å²) >= 11 is 0. The largest absolute Gasteiger partial charge is 0.480 e. The fraction of sp³-hybridized carbons (Fsp3) is 0.562. The van der Waals surface area contributed by atoms with E-state index in [1.807, 2.05) is 4.90 Å². The SMILES string of the molecule is COc1nccc(NC2CC(=O)N(CC(C)(C)C)C2)c1C#N. The van der Waals surface area contributed by atoms with Crippen LogP contribution in [0, 0.1) is 16.7 Å². The number of likely N-dealkylation sites (tertiary alicyclic amines) is 1. The summed E-state index contributed by atoms with van der Waals surface area (Å²) in [6.45, 7) is 7.72. The Labute approximate surface area is 131 Å². The van der Waals surface area contributed by atoms with E-state index in [0.717, 1.165) is 6.54 Å². The minimum Gasteiger partial charge on any atom is -0.480 e. The van der Waals surface area contributed by atoms with E-state index in [4.69, 9.17) is 4.74 Å². The molecular weight excluding hydrogens is 280 g/mol. The number of hydrogen-bond donors (Lipinski definition) is 1. The second-order valence-corrected chi connectivity index (χ2v) is 6.73. The highest BCUT2D eigenvalue weighted by atomic mass is 16.5. The Morgan fingerprint density at radius 2 is 2.27 bits per heavy atom. The lowest BCUT2D eigenvalue weighted by molar-refractivity contribution is -0.128. The summed E-state index contributed by atoms with van der Waals surface area (Å²) in [7, 11) is 1.48. The van der Waals surface area contributed by atoms with Gasteiger partial charge in [-0.15, -0.1) is 0 Å². The first-order valence-electron chi connectivity index (χ1n) is 7.31. The van der Waals surface area contributed by atoms with Crippen molar-refractivity contribution in [1.82, 2.24) is 9.88 Å². The lowest BCUT2D eigenvalue weighted by atomic mass is 9.96. The van der Waals surface area contributed by atoms with Crippen molar-refractivity contribution >= 4 is 11.6 Å². The first-order chi connectivity index (χ1) is 10.3. The molecular formula is C16H22N4O2. The van der Waals surface area contributed by atoms with E-state index in [2.05, 4.69) is 37.1 Å². The number of methoxy groups -OCH3 is 1. The van der Waals surface area contributed by atoms with Gasteiger partial charge in [0.15, 0.2) is 0 Å². The van der Waals surface area contributed by atoms with Gasteiger partial charge in [-0.25, -0.2) is 4.98 Å². The summed E-state index contributed by atoms with van der Waals surface area (Å²) in [5, 5.41) is 12.6. The third-order valence-electron chi connectivity index (χ3n) is 3.46. The predicted molar refractivity (Wildman–Crippen MR) is 83.6 cm³/mol. The zero-order chi connectivity index (χ0) is 16.3. The number of nitrogens with one attached hydrogen (secondary N) is 1. The van der Waals surface area contributed by atoms with Gasteiger partial charge >= 0.3 is 0 Å². The monoisotopic (exact) mass is 302 g/mol. The molecule has 22 heavy (non-hydrogen) atoms. The zero-order valence-corrected chi connectivity index (χ0v) is 13.5. The summed E-state index contributed by atoms with van der Waals surface area (Å²) < 4.78 is 5.10. The van der Waals surface area contributed by atoms with Gasteiger partial charge in [0.05, 0.1) is 18.8 Å². The maximum absolute atomic E-state index is 12.1. The Hall–Kier alpha value is -2.29. The van der Waals surface area contributed by atoms with Gasteiger partial charge in [0.25, 0.3) is 0 Å². The highest BCUT2D eigenvalue weighted by Gasteiger charge is 2.32. The second kappa shape index (κ2) is 6.22. The Morgan fingerprint density at radius 1 is 1.55 bits per heavy atom. The van der Waals surface area contributed by atoms with Gasteiger partial charge in [-0.3, -0.25) is 4.79 Å². The zero-order valence-electron chi connectivity index (χ0n) is 13.5. The molecule has 1 aliphatic rings. The molecule has 2 heterocycles. The van der Waals surface area contributed by atoms with E-state index in [1.165, 1.54) is 7.11 Å². The Kier molecular flexibility index (Phi) is 4.55. The number of carbonyl (C=O) groups excluding carboxylic acids is 1. The summed E-state index contributed by atoms with van der Waals surface area (Å²) in [4.78, 5) is 18.0. The molecule has 0 radical (unpaired) electrons. The van der Waals surface area contributed by atoms with Crippen molar-refractivity contribution in [2.24, 2.45) is 5.41 Å². The van der Waals surface area contributed by atoms with Gasteiger partial charge in [0, 0.05) is 25.7 Å². The van der Waals surface area contributed by atoms with Gasteiger partial charge < -0.3 is 15.0 Å². The third-order valence-corrected chi connectivity index (χ3v) is 3.46. The van der Waals surface area contributed by atoms with Crippen molar-refractivity contribution in [2.45, 2.75) is 33.2 Å². The number of ether oxygens (including phenoxy) is 1. The number of rotatable bonds is 4. The molecule has 1 N–H and O–H groups in total. The molecule has 1 amide bonds. The molecule has 0 spiro atoms. The standard InChI is InChI=1S/C16H22N4O2/c1-16(2,3)10-20-9-11(7-14(20)21)19-13-5-6-18-15(22-4)12(13)8-17/h5-6,11H,7,9-10H2,1-4H3,(H,18,19). The van der Waals surface area contributed by atoms with Crippen molar-refractivity contribution in [3.05, 3.63) is 17.8 Å². The van der Waals surface area contributed by atoms with Crippen LogP contribution in [0.1, 0.15) is 32.8 Å². The molecule has 1 aromatic heterocycles. The van der Waals surface area contributed by atoms with E-state index in [0.29, 0.717) is 30.1 Å². The number of carbonyl (C=O) groups is 1. The van der Waals surface area contributed by atoms with Crippen LogP contribution < -0.4 is 10.1 Å². The van der Waals surface area contributed by atoms with Crippen molar-refractivity contribution in [3.63, 3.8) is 0 Å². The number of nitrogens with zero attached hydrogens (tertiary/aromatic N) is 3. The summed E-state index contributed by atoms with van der Waals surface area (Å²) in [5.74, 6) is 0.440. The molecule has 0 saturated carbocycles. The summed E-state index contributed by atoms with van der Waals surface area (Å²) in [6.07, 6.45) is 2.03. The lowest BCUT2D eigenvalue weighted by Crippen LogP contribution is -2.35. The molecule has 1 fully saturated rings. The van der Waals surface area contributed by atoms with Gasteiger partial charge in [-0.1, -0.05) is 20.8 Å². The van der Waals surface area contributed by atoms with Crippen LogP contribution in [0.15, 0.2) is 12.3 Å². The van der Waals surface area contributed by atoms with E-state index >= 15 is 0 Å². The van der Waals surface area contributed by atoms with Crippen LogP contribution >= 0.6 is 0 Å². The van der Waals surface area contributed by atoms with Crippen LogP contribution in [-0.2, 0) is 4.79 Å². The molecule has 1 aliphatic heterocycles. The van der Waals surface area contributed by atoms with E-state index in [9.17, 15) is 10.1 Å². The van der Waals surface area contributed by atoms with Crippen molar-refractivity contribution in [3.8, 4) is 11.9 Å². The molecule has 1 unspecified atom stereocenters. The van der Waals surface area contributed by atoms with Crippen LogP contribution in [0.2, 0.25) is 0 Å². The highest BCUT2D eigenvalue weighted by Crippen LogP contribution is 2.26. The van der Waals surface area contributed by atoms with Gasteiger partial charge in [-0.05, 0) is 11.5 Å². The van der Waals surface area contributed by atoms with E-state index in [1.54, 1.807) is 12.3 Å². The molecule has 0 aromatic carbocycles. The molecule has 1 aromatic rings. The Morgan fingerprint density at radius 3 is 2.86 bits per heavy atom. The van der Waals surface area contributed by atoms with Gasteiger partial charge in [0.1, 0.15) is 11.6 Å². The molecule has 118 valence electrons. The molecule has 1 atom stereocenters. The van der Waals surface area contributed by atoms with Gasteiger partial charge in [-0.2, -0.15) is 5.26 Å². The number of pyridine rings is 1. The lowest BCUT2D eigenvalue weighted by Gasteiger charge is -2.26. The first kappa shape index (κ1) is 16.1. The van der Waals surface area contributed by atoms with Crippen LogP contribution in [0.25, 0.3) is 0 Å². The number of anilines is 1. The average Bonchev–Trinajstić information content (AvgIpc) is 2.76. The number of nitriles is 1. The van der Waals surface area contributed by atoms with Crippen molar-refractivity contribution in [1.29, 1.82) is 5.26 Å². The maximum atomic E-state index is 12.1. The Bertz CT molecular complexity index is 601. The second-order valence-electron chi connectivity index (χ2n) is 6.73. The summed E-state index contributed by atoms with van der Waals surface area (Å²) in [5.41, 5.74) is 1.10. The van der Waals surface area contributed by atoms with E-state index in [-0.39, 0.29) is 17.4 Å². The molecule has 6 heteroatoms. The molecule has 0 bridgehead atoms. The average molecular weight is 302 g/mol. The number of aromatic nitrogens is 1. The molecule has 1 saturated heterocycles. The fourth-order valence-corrected chi connectivity index (χ4v) is 2.64. The molecule has 0 aliphatic carbocycles. The van der Waals surface area contributed by atoms with Crippen molar-refractivity contribution in [2.75, 3.05) is 25.5 Å². The summed E-state index contributed by atoms with van der Waals surface area (Å²) in [6, 6.07) is 3.83. The molecule has 2 rings (SSSR count). The quantitative estimate of drug-likeness (QED) is 0.920. The van der Waals surface area contributed by atoms with Crippen LogP contribution in [-0.4, -0.2) is 42.0 Å². The number of hydrogen-bond acceptors (Lipinski definition) is 5. The topological polar surface area (TPSA) is 78.2 Å². The van der Waals surface area contributed by atoms with Crippen LogP contribution in [0.5, 0.6) is 5.88 Å². The maximum Gasteiger partial charge on any atom is 0.233 e. The van der Waals surface area contributed by atoms with Crippen LogP contribution in [0.3, 0.4) is 0 Å². The fourth-order valence-electron chi connectivity index (χ4n) is 2.64. The Balaban J connectivity index is 2.10.